The van der Waals surface area contributed by atoms with E-state index < -0.39 is 35.4 Å². The smallest absolute Gasteiger partial charge is 0.408 e. The van der Waals surface area contributed by atoms with Crippen LogP contribution in [0.5, 0.6) is 0 Å². The van der Waals surface area contributed by atoms with Crippen LogP contribution in [0.2, 0.25) is 0 Å². The molecule has 0 saturated carbocycles. The van der Waals surface area contributed by atoms with Crippen LogP contribution < -0.4 is 5.32 Å². The average molecular weight is 416 g/mol. The van der Waals surface area contributed by atoms with E-state index in [-0.39, 0.29) is 0 Å². The van der Waals surface area contributed by atoms with Gasteiger partial charge in [-0.3, -0.25) is 0 Å². The quantitative estimate of drug-likeness (QED) is 0.731. The summed E-state index contributed by atoms with van der Waals surface area (Å²) in [5.74, 6) is -0.745. The molecule has 1 aromatic carbocycles. The van der Waals surface area contributed by atoms with Gasteiger partial charge in [0.15, 0.2) is 6.04 Å². The third kappa shape index (κ3) is 7.88. The van der Waals surface area contributed by atoms with Crippen molar-refractivity contribution < 1.29 is 24.2 Å². The molecule has 0 unspecified atom stereocenters. The van der Waals surface area contributed by atoms with Crippen molar-refractivity contribution in [2.45, 2.75) is 64.9 Å². The van der Waals surface area contributed by atoms with E-state index in [0.29, 0.717) is 5.56 Å². The van der Waals surface area contributed by atoms with Gasteiger partial charge in [-0.05, 0) is 59.2 Å². The molecule has 0 aliphatic heterocycles. The number of benzene rings is 1. The van der Waals surface area contributed by atoms with E-state index in [1.165, 1.54) is 0 Å². The fraction of sp³-hybridized carbons (Fsp3) is 0.556. The normalized spacial score (nSPS) is 14.4. The Balaban J connectivity index is 3.05. The second kappa shape index (κ2) is 8.19. The van der Waals surface area contributed by atoms with Crippen LogP contribution >= 0.6 is 15.9 Å². The highest BCUT2D eigenvalue weighted by Gasteiger charge is 2.35. The maximum absolute atomic E-state index is 12.5. The highest BCUT2D eigenvalue weighted by molar-refractivity contribution is 9.10. The predicted molar refractivity (Wildman–Crippen MR) is 98.1 cm³/mol. The minimum absolute atomic E-state index is 0.460. The number of alkyl carbamates (subject to hydrolysis) is 1. The molecule has 2 atom stereocenters. The first-order valence-corrected chi connectivity index (χ1v) is 8.74. The summed E-state index contributed by atoms with van der Waals surface area (Å²) in [6.07, 6.45) is -2.10. The van der Waals surface area contributed by atoms with Crippen LogP contribution in [0.3, 0.4) is 0 Å². The molecule has 0 aliphatic rings. The number of hydrogen-bond donors (Lipinski definition) is 2. The topological polar surface area (TPSA) is 84.9 Å². The first-order valence-electron chi connectivity index (χ1n) is 7.94. The van der Waals surface area contributed by atoms with Gasteiger partial charge < -0.3 is 19.9 Å². The number of halogens is 1. The monoisotopic (exact) mass is 415 g/mol. The van der Waals surface area contributed by atoms with Gasteiger partial charge in [0.05, 0.1) is 0 Å². The van der Waals surface area contributed by atoms with Crippen molar-refractivity contribution in [3.05, 3.63) is 34.3 Å². The molecule has 0 radical (unpaired) electrons. The summed E-state index contributed by atoms with van der Waals surface area (Å²) in [6, 6.07) is 5.54. The van der Waals surface area contributed by atoms with Crippen LogP contribution in [0.25, 0.3) is 0 Å². The SMILES string of the molecule is CC(C)(C)OC(=O)N[C@@H](C(=O)OC(C)(C)C)[C@H](O)c1cccc(Br)c1. The van der Waals surface area contributed by atoms with Gasteiger partial charge in [-0.1, -0.05) is 28.1 Å². The number of aliphatic hydroxyl groups is 1. The summed E-state index contributed by atoms with van der Waals surface area (Å²) in [5.41, 5.74) is -1.04. The van der Waals surface area contributed by atoms with E-state index in [1.54, 1.807) is 65.8 Å². The van der Waals surface area contributed by atoms with Gasteiger partial charge in [-0.2, -0.15) is 0 Å². The van der Waals surface area contributed by atoms with Crippen molar-refractivity contribution in [3.63, 3.8) is 0 Å². The van der Waals surface area contributed by atoms with Gasteiger partial charge in [0, 0.05) is 4.47 Å². The Morgan fingerprint density at radius 1 is 1.08 bits per heavy atom. The third-order valence-corrected chi connectivity index (χ3v) is 3.33. The van der Waals surface area contributed by atoms with Crippen molar-refractivity contribution in [2.24, 2.45) is 0 Å². The van der Waals surface area contributed by atoms with Gasteiger partial charge in [0.1, 0.15) is 17.3 Å². The molecule has 0 spiro atoms. The molecule has 1 aromatic rings. The zero-order chi connectivity index (χ0) is 19.4. The Morgan fingerprint density at radius 3 is 2.12 bits per heavy atom. The summed E-state index contributed by atoms with van der Waals surface area (Å²) in [5, 5.41) is 13.0. The number of nitrogens with one attached hydrogen (secondary N) is 1. The van der Waals surface area contributed by atoms with Crippen LogP contribution in [0.1, 0.15) is 53.2 Å². The average Bonchev–Trinajstić information content (AvgIpc) is 2.40. The molecule has 1 rings (SSSR count). The lowest BCUT2D eigenvalue weighted by Gasteiger charge is -2.28. The van der Waals surface area contributed by atoms with Gasteiger partial charge >= 0.3 is 12.1 Å². The van der Waals surface area contributed by atoms with Crippen LogP contribution in [0, 0.1) is 0 Å². The lowest BCUT2D eigenvalue weighted by atomic mass is 10.0. The van der Waals surface area contributed by atoms with Crippen molar-refractivity contribution in [1.29, 1.82) is 0 Å². The number of esters is 1. The zero-order valence-corrected chi connectivity index (χ0v) is 17.0. The highest BCUT2D eigenvalue weighted by Crippen LogP contribution is 2.23. The molecular weight excluding hydrogens is 390 g/mol. The molecule has 0 heterocycles. The third-order valence-electron chi connectivity index (χ3n) is 2.84. The molecule has 1 amide bonds. The summed E-state index contributed by atoms with van der Waals surface area (Å²) in [7, 11) is 0. The van der Waals surface area contributed by atoms with Crippen LogP contribution in [-0.2, 0) is 14.3 Å². The zero-order valence-electron chi connectivity index (χ0n) is 15.4. The second-order valence-corrected chi connectivity index (χ2v) is 8.57. The lowest BCUT2D eigenvalue weighted by Crippen LogP contribution is -2.49. The first kappa shape index (κ1) is 21.4. The van der Waals surface area contributed by atoms with Crippen LogP contribution in [0.4, 0.5) is 4.79 Å². The Morgan fingerprint density at radius 2 is 1.64 bits per heavy atom. The van der Waals surface area contributed by atoms with E-state index in [2.05, 4.69) is 21.2 Å². The summed E-state index contributed by atoms with van der Waals surface area (Å²) in [6.45, 7) is 10.3. The van der Waals surface area contributed by atoms with E-state index in [0.717, 1.165) is 4.47 Å². The summed E-state index contributed by atoms with van der Waals surface area (Å²) in [4.78, 5) is 24.6. The number of hydrogen-bond acceptors (Lipinski definition) is 5. The van der Waals surface area contributed by atoms with Crippen molar-refractivity contribution >= 4 is 28.0 Å². The number of aliphatic hydroxyl groups excluding tert-OH is 1. The molecule has 0 aliphatic carbocycles. The molecule has 25 heavy (non-hydrogen) atoms. The number of carbonyl (C=O) groups excluding carboxylic acids is 2. The Bertz CT molecular complexity index is 619. The lowest BCUT2D eigenvalue weighted by molar-refractivity contribution is -0.160. The van der Waals surface area contributed by atoms with Crippen molar-refractivity contribution in [1.82, 2.24) is 5.32 Å². The predicted octanol–water partition coefficient (Wildman–Crippen LogP) is 3.72. The number of rotatable bonds is 4. The number of ether oxygens (including phenoxy) is 2. The van der Waals surface area contributed by atoms with Gasteiger partial charge in [0.2, 0.25) is 0 Å². The molecular formula is C18H26BrNO5. The molecule has 0 bridgehead atoms. The van der Waals surface area contributed by atoms with Crippen LogP contribution in [-0.4, -0.2) is 34.4 Å². The molecule has 0 saturated heterocycles. The largest absolute Gasteiger partial charge is 0.458 e. The maximum Gasteiger partial charge on any atom is 0.408 e. The van der Waals surface area contributed by atoms with E-state index in [9.17, 15) is 14.7 Å². The minimum Gasteiger partial charge on any atom is -0.458 e. The van der Waals surface area contributed by atoms with E-state index in [4.69, 9.17) is 9.47 Å². The first-order chi connectivity index (χ1) is 11.3. The fourth-order valence-electron chi connectivity index (χ4n) is 1.95. The van der Waals surface area contributed by atoms with Gasteiger partial charge in [0.25, 0.3) is 0 Å². The molecule has 0 aromatic heterocycles. The fourth-order valence-corrected chi connectivity index (χ4v) is 2.37. The van der Waals surface area contributed by atoms with Crippen molar-refractivity contribution in [2.75, 3.05) is 0 Å². The Labute approximate surface area is 157 Å². The van der Waals surface area contributed by atoms with E-state index in [1.807, 2.05) is 0 Å². The molecule has 140 valence electrons. The van der Waals surface area contributed by atoms with E-state index >= 15 is 0 Å². The Kier molecular flexibility index (Phi) is 7.02. The number of carbonyl (C=O) groups is 2. The van der Waals surface area contributed by atoms with Crippen LogP contribution in [0.15, 0.2) is 28.7 Å². The summed E-state index contributed by atoms with van der Waals surface area (Å²) >= 11 is 3.32. The standard InChI is InChI=1S/C18H26BrNO5/c1-17(2,3)24-15(22)13(20-16(23)25-18(4,5)6)14(21)11-8-7-9-12(19)10-11/h7-10,13-14,21H,1-6H3,(H,20,23)/t13-,14-/m1/s1. The van der Waals surface area contributed by atoms with Gasteiger partial charge in [-0.15, -0.1) is 0 Å². The summed E-state index contributed by atoms with van der Waals surface area (Å²) < 4.78 is 11.2. The van der Waals surface area contributed by atoms with Gasteiger partial charge in [-0.25, -0.2) is 9.59 Å². The molecule has 7 heteroatoms. The van der Waals surface area contributed by atoms with Crippen molar-refractivity contribution in [3.8, 4) is 0 Å². The molecule has 6 nitrogen and oxygen atoms in total. The maximum atomic E-state index is 12.5. The molecule has 2 N–H and O–H groups in total. The highest BCUT2D eigenvalue weighted by atomic mass is 79.9. The Hall–Kier alpha value is -1.60. The molecule has 0 fully saturated rings. The minimum atomic E-state index is -1.30. The number of amides is 1. The second-order valence-electron chi connectivity index (χ2n) is 7.66.